The summed E-state index contributed by atoms with van der Waals surface area (Å²) < 4.78 is 5.73. The van der Waals surface area contributed by atoms with Gasteiger partial charge in [0.1, 0.15) is 11.3 Å². The number of aliphatic hydroxyl groups is 1. The second-order valence-corrected chi connectivity index (χ2v) is 4.52. The van der Waals surface area contributed by atoms with Gasteiger partial charge in [0.15, 0.2) is 0 Å². The van der Waals surface area contributed by atoms with Crippen molar-refractivity contribution in [2.45, 2.75) is 19.4 Å². The number of hydrogen-bond donors (Lipinski definition) is 2. The van der Waals surface area contributed by atoms with Gasteiger partial charge in [0.2, 0.25) is 0 Å². The first-order valence-electron chi connectivity index (χ1n) is 5.74. The molecule has 0 radical (unpaired) electrons. The first-order valence-corrected chi connectivity index (χ1v) is 6.12. The molecule has 0 saturated carbocycles. The molecule has 0 bridgehead atoms. The maximum Gasteiger partial charge on any atom is 0.134 e. The van der Waals surface area contributed by atoms with Crippen LogP contribution in [0.25, 0.3) is 11.0 Å². The Bertz CT molecular complexity index is 495. The van der Waals surface area contributed by atoms with Crippen molar-refractivity contribution in [3.05, 3.63) is 35.0 Å². The van der Waals surface area contributed by atoms with E-state index >= 15 is 0 Å². The molecule has 17 heavy (non-hydrogen) atoms. The van der Waals surface area contributed by atoms with Gasteiger partial charge in [-0.05, 0) is 44.2 Å². The molecule has 0 spiro atoms. The third kappa shape index (κ3) is 3.00. The van der Waals surface area contributed by atoms with Gasteiger partial charge in [-0.3, -0.25) is 0 Å². The van der Waals surface area contributed by atoms with Gasteiger partial charge in [0.25, 0.3) is 0 Å². The minimum absolute atomic E-state index is 0.132. The Kier molecular flexibility index (Phi) is 4.05. The van der Waals surface area contributed by atoms with Gasteiger partial charge >= 0.3 is 0 Å². The van der Waals surface area contributed by atoms with Crippen LogP contribution in [0, 0.1) is 0 Å². The van der Waals surface area contributed by atoms with E-state index in [1.165, 1.54) is 0 Å². The fourth-order valence-corrected chi connectivity index (χ4v) is 1.93. The monoisotopic (exact) mass is 253 g/mol. The quantitative estimate of drug-likeness (QED) is 0.805. The van der Waals surface area contributed by atoms with Crippen molar-refractivity contribution in [2.24, 2.45) is 0 Å². The van der Waals surface area contributed by atoms with E-state index in [0.29, 0.717) is 5.02 Å². The number of rotatable bonds is 5. The summed E-state index contributed by atoms with van der Waals surface area (Å²) in [7, 11) is 0. The van der Waals surface area contributed by atoms with Crippen LogP contribution in [0.2, 0.25) is 5.02 Å². The van der Waals surface area contributed by atoms with Crippen molar-refractivity contribution in [1.29, 1.82) is 0 Å². The maximum absolute atomic E-state index is 8.72. The van der Waals surface area contributed by atoms with Crippen LogP contribution in [0.3, 0.4) is 0 Å². The molecule has 0 aliphatic heterocycles. The van der Waals surface area contributed by atoms with E-state index < -0.39 is 0 Å². The zero-order chi connectivity index (χ0) is 12.3. The number of furan rings is 1. The minimum atomic E-state index is 0.132. The van der Waals surface area contributed by atoms with E-state index in [-0.39, 0.29) is 12.6 Å². The third-order valence-corrected chi connectivity index (χ3v) is 2.94. The van der Waals surface area contributed by atoms with Crippen LogP contribution >= 0.6 is 11.6 Å². The Balaban J connectivity index is 2.12. The molecule has 1 unspecified atom stereocenters. The van der Waals surface area contributed by atoms with Gasteiger partial charge < -0.3 is 14.8 Å². The van der Waals surface area contributed by atoms with Crippen LogP contribution in [0.5, 0.6) is 0 Å². The first-order chi connectivity index (χ1) is 8.20. The van der Waals surface area contributed by atoms with E-state index in [1.807, 2.05) is 31.2 Å². The van der Waals surface area contributed by atoms with Crippen molar-refractivity contribution >= 4 is 22.6 Å². The highest BCUT2D eigenvalue weighted by molar-refractivity contribution is 6.31. The summed E-state index contributed by atoms with van der Waals surface area (Å²) in [4.78, 5) is 0. The SMILES string of the molecule is CC(NCCCO)c1cc2cc(Cl)ccc2o1. The number of hydrogen-bond acceptors (Lipinski definition) is 3. The average molecular weight is 254 g/mol. The van der Waals surface area contributed by atoms with Crippen LogP contribution in [0.15, 0.2) is 28.7 Å². The summed E-state index contributed by atoms with van der Waals surface area (Å²) in [5.41, 5.74) is 0.847. The Morgan fingerprint density at radius 2 is 2.24 bits per heavy atom. The van der Waals surface area contributed by atoms with E-state index in [9.17, 15) is 0 Å². The summed E-state index contributed by atoms with van der Waals surface area (Å²) in [6.45, 7) is 3.02. The Labute approximate surface area is 105 Å². The van der Waals surface area contributed by atoms with Crippen LogP contribution in [0.1, 0.15) is 25.1 Å². The standard InChI is InChI=1S/C13H16ClNO2/c1-9(15-5-2-6-16)13-8-10-7-11(14)3-4-12(10)17-13/h3-4,7-9,15-16H,2,5-6H2,1H3. The largest absolute Gasteiger partial charge is 0.459 e. The topological polar surface area (TPSA) is 45.4 Å². The smallest absolute Gasteiger partial charge is 0.134 e. The van der Waals surface area contributed by atoms with Gasteiger partial charge in [-0.2, -0.15) is 0 Å². The van der Waals surface area contributed by atoms with Crippen LogP contribution in [0.4, 0.5) is 0 Å². The fourth-order valence-electron chi connectivity index (χ4n) is 1.75. The van der Waals surface area contributed by atoms with Crippen molar-refractivity contribution in [3.8, 4) is 0 Å². The van der Waals surface area contributed by atoms with E-state index in [2.05, 4.69) is 5.32 Å². The highest BCUT2D eigenvalue weighted by Crippen LogP contribution is 2.26. The Morgan fingerprint density at radius 3 is 3.00 bits per heavy atom. The second kappa shape index (κ2) is 5.54. The van der Waals surface area contributed by atoms with Crippen LogP contribution in [-0.2, 0) is 0 Å². The van der Waals surface area contributed by atoms with E-state index in [4.69, 9.17) is 21.1 Å². The molecule has 92 valence electrons. The van der Waals surface area contributed by atoms with Crippen molar-refractivity contribution in [2.75, 3.05) is 13.2 Å². The van der Waals surface area contributed by atoms with Gasteiger partial charge in [-0.15, -0.1) is 0 Å². The lowest BCUT2D eigenvalue weighted by Crippen LogP contribution is -2.20. The predicted octanol–water partition coefficient (Wildman–Crippen LogP) is 3.12. The second-order valence-electron chi connectivity index (χ2n) is 4.08. The van der Waals surface area contributed by atoms with Crippen LogP contribution in [-0.4, -0.2) is 18.3 Å². The highest BCUT2D eigenvalue weighted by atomic mass is 35.5. The third-order valence-electron chi connectivity index (χ3n) is 2.71. The molecule has 3 nitrogen and oxygen atoms in total. The fraction of sp³-hybridized carbons (Fsp3) is 0.385. The normalized spacial score (nSPS) is 13.1. The van der Waals surface area contributed by atoms with Gasteiger partial charge in [0.05, 0.1) is 6.04 Å². The zero-order valence-corrected chi connectivity index (χ0v) is 10.5. The molecule has 1 aromatic heterocycles. The molecule has 1 heterocycles. The number of halogens is 1. The molecule has 0 aliphatic rings. The lowest BCUT2D eigenvalue weighted by Gasteiger charge is -2.09. The molecule has 0 fully saturated rings. The van der Waals surface area contributed by atoms with Crippen molar-refractivity contribution in [3.63, 3.8) is 0 Å². The highest BCUT2D eigenvalue weighted by Gasteiger charge is 2.10. The number of nitrogens with one attached hydrogen (secondary N) is 1. The van der Waals surface area contributed by atoms with E-state index in [1.54, 1.807) is 0 Å². The van der Waals surface area contributed by atoms with Gasteiger partial charge in [-0.1, -0.05) is 11.6 Å². The number of fused-ring (bicyclic) bond motifs is 1. The predicted molar refractivity (Wildman–Crippen MR) is 69.3 cm³/mol. The zero-order valence-electron chi connectivity index (χ0n) is 9.74. The van der Waals surface area contributed by atoms with E-state index in [0.717, 1.165) is 29.7 Å². The maximum atomic E-state index is 8.72. The molecular formula is C13H16ClNO2. The molecule has 1 aromatic carbocycles. The van der Waals surface area contributed by atoms with Crippen molar-refractivity contribution < 1.29 is 9.52 Å². The molecule has 0 saturated heterocycles. The average Bonchev–Trinajstić information content (AvgIpc) is 2.72. The van der Waals surface area contributed by atoms with Crippen LogP contribution < -0.4 is 5.32 Å². The number of benzene rings is 1. The minimum Gasteiger partial charge on any atom is -0.459 e. The molecule has 0 amide bonds. The van der Waals surface area contributed by atoms with Gasteiger partial charge in [-0.25, -0.2) is 0 Å². The molecule has 2 N–H and O–H groups in total. The molecule has 0 aliphatic carbocycles. The molecule has 1 atom stereocenters. The first kappa shape index (κ1) is 12.4. The number of aliphatic hydroxyl groups excluding tert-OH is 1. The van der Waals surface area contributed by atoms with Crippen molar-refractivity contribution in [1.82, 2.24) is 5.32 Å². The molecular weight excluding hydrogens is 238 g/mol. The summed E-state index contributed by atoms with van der Waals surface area (Å²) in [6, 6.07) is 7.72. The Hall–Kier alpha value is -1.03. The molecule has 4 heteroatoms. The Morgan fingerprint density at radius 1 is 1.41 bits per heavy atom. The summed E-state index contributed by atoms with van der Waals surface area (Å²) in [6.07, 6.45) is 0.746. The summed E-state index contributed by atoms with van der Waals surface area (Å²) >= 11 is 5.92. The summed E-state index contributed by atoms with van der Waals surface area (Å²) in [5, 5.41) is 13.7. The lowest BCUT2D eigenvalue weighted by molar-refractivity contribution is 0.282. The lowest BCUT2D eigenvalue weighted by atomic mass is 10.2. The summed E-state index contributed by atoms with van der Waals surface area (Å²) in [5.74, 6) is 0.889. The molecule has 2 rings (SSSR count). The van der Waals surface area contributed by atoms with Gasteiger partial charge in [0, 0.05) is 17.0 Å². The molecule has 2 aromatic rings.